The van der Waals surface area contributed by atoms with E-state index in [2.05, 4.69) is 5.32 Å². The summed E-state index contributed by atoms with van der Waals surface area (Å²) in [4.78, 5) is 29.5. The van der Waals surface area contributed by atoms with Gasteiger partial charge in [0.05, 0.1) is 21.2 Å². The molecule has 1 N–H and O–H groups in total. The lowest BCUT2D eigenvalue weighted by molar-refractivity contribution is -0.140. The molecule has 0 aliphatic rings. The fraction of sp³-hybridized carbons (Fsp3) is 0.278. The van der Waals surface area contributed by atoms with E-state index in [0.29, 0.717) is 22.4 Å². The second-order valence-electron chi connectivity index (χ2n) is 11.5. The van der Waals surface area contributed by atoms with Crippen molar-refractivity contribution in [1.82, 2.24) is 10.2 Å². The molecule has 254 valence electrons. The number of rotatable bonds is 13. The molecule has 0 aromatic heterocycles. The third-order valence-corrected chi connectivity index (χ3v) is 9.95. The average Bonchev–Trinajstić information content (AvgIpc) is 3.05. The number of alkyl halides is 3. The predicted molar refractivity (Wildman–Crippen MR) is 181 cm³/mol. The Hall–Kier alpha value is -4.35. The van der Waals surface area contributed by atoms with Gasteiger partial charge in [0, 0.05) is 19.0 Å². The van der Waals surface area contributed by atoms with Crippen molar-refractivity contribution in [2.75, 3.05) is 10.8 Å². The summed E-state index contributed by atoms with van der Waals surface area (Å²) < 4.78 is 70.4. The Bertz CT molecular complexity index is 1820. The van der Waals surface area contributed by atoms with Crippen LogP contribution < -0.4 is 9.62 Å². The molecule has 4 aromatic carbocycles. The number of benzene rings is 4. The number of carbonyl (C=O) groups excluding carboxylic acids is 2. The monoisotopic (exact) mass is 699 g/mol. The molecule has 4 aromatic rings. The minimum atomic E-state index is -4.82. The van der Waals surface area contributed by atoms with Gasteiger partial charge in [0.25, 0.3) is 10.0 Å². The Morgan fingerprint density at radius 2 is 1.50 bits per heavy atom. The zero-order valence-electron chi connectivity index (χ0n) is 26.7. The zero-order valence-corrected chi connectivity index (χ0v) is 28.3. The molecule has 0 saturated heterocycles. The van der Waals surface area contributed by atoms with Crippen molar-refractivity contribution < 1.29 is 31.2 Å². The summed E-state index contributed by atoms with van der Waals surface area (Å²) in [6.45, 7) is 4.58. The van der Waals surface area contributed by atoms with Gasteiger partial charge in [0.2, 0.25) is 11.8 Å². The van der Waals surface area contributed by atoms with Gasteiger partial charge in [-0.05, 0) is 61.7 Å². The van der Waals surface area contributed by atoms with Crippen molar-refractivity contribution in [1.29, 1.82) is 0 Å². The summed E-state index contributed by atoms with van der Waals surface area (Å²) >= 11 is 6.38. The number of carbonyl (C=O) groups is 2. The molecule has 2 atom stereocenters. The van der Waals surface area contributed by atoms with Gasteiger partial charge in [-0.2, -0.15) is 13.2 Å². The van der Waals surface area contributed by atoms with Crippen LogP contribution in [0.1, 0.15) is 42.5 Å². The fourth-order valence-electron chi connectivity index (χ4n) is 5.12. The fourth-order valence-corrected chi connectivity index (χ4v) is 6.83. The van der Waals surface area contributed by atoms with Gasteiger partial charge in [-0.3, -0.25) is 13.9 Å². The van der Waals surface area contributed by atoms with Gasteiger partial charge in [-0.15, -0.1) is 0 Å². The van der Waals surface area contributed by atoms with Crippen LogP contribution in [0.3, 0.4) is 0 Å². The molecule has 7 nitrogen and oxygen atoms in total. The molecule has 0 heterocycles. The van der Waals surface area contributed by atoms with Gasteiger partial charge in [-0.1, -0.05) is 96.9 Å². The summed E-state index contributed by atoms with van der Waals surface area (Å²) in [5.41, 5.74) is 0.649. The number of hydrogen-bond donors (Lipinski definition) is 1. The lowest BCUT2D eigenvalue weighted by Gasteiger charge is -2.34. The van der Waals surface area contributed by atoms with Gasteiger partial charge in [-0.25, -0.2) is 8.42 Å². The van der Waals surface area contributed by atoms with E-state index in [-0.39, 0.29) is 28.9 Å². The summed E-state index contributed by atoms with van der Waals surface area (Å²) in [6.07, 6.45) is -4.11. The maximum Gasteiger partial charge on any atom is 0.416 e. The Balaban J connectivity index is 1.87. The van der Waals surface area contributed by atoms with Crippen LogP contribution in [-0.2, 0) is 38.8 Å². The van der Waals surface area contributed by atoms with Crippen molar-refractivity contribution in [3.8, 4) is 0 Å². The van der Waals surface area contributed by atoms with Crippen LogP contribution in [0.4, 0.5) is 18.9 Å². The Kier molecular flexibility index (Phi) is 11.9. The Morgan fingerprint density at radius 3 is 2.10 bits per heavy atom. The standard InChI is InChI=1S/C36H37ClF3N3O4S/c1-4-26(3)41-35(45)33(21-27-13-7-5-8-14-27)42(23-28-15-11-12-25(2)20-28)34(44)24-43(48(46,47)30-16-9-6-10-17-30)32-22-29(36(38,39)40)18-19-31(32)37/h5-20,22,26,33H,4,21,23-24H2,1-3H3,(H,41,45)/t26-,33+/m0/s1. The van der Waals surface area contributed by atoms with E-state index in [4.69, 9.17) is 11.6 Å². The van der Waals surface area contributed by atoms with Crippen LogP contribution in [-0.4, -0.2) is 43.8 Å². The molecular weight excluding hydrogens is 663 g/mol. The number of hydrogen-bond acceptors (Lipinski definition) is 4. The normalized spacial score (nSPS) is 13.0. The molecule has 0 spiro atoms. The van der Waals surface area contributed by atoms with Gasteiger partial charge < -0.3 is 10.2 Å². The van der Waals surface area contributed by atoms with Crippen molar-refractivity contribution >= 4 is 39.1 Å². The van der Waals surface area contributed by atoms with E-state index < -0.39 is 51.9 Å². The maximum atomic E-state index is 14.6. The molecule has 0 fully saturated rings. The first kappa shape index (κ1) is 36.5. The largest absolute Gasteiger partial charge is 0.416 e. The van der Waals surface area contributed by atoms with Gasteiger partial charge >= 0.3 is 6.18 Å². The van der Waals surface area contributed by atoms with Crippen LogP contribution in [0.5, 0.6) is 0 Å². The molecule has 12 heteroatoms. The van der Waals surface area contributed by atoms with E-state index in [1.807, 2.05) is 51.1 Å². The molecule has 0 aliphatic carbocycles. The molecule has 0 aliphatic heterocycles. The molecule has 0 radical (unpaired) electrons. The second-order valence-corrected chi connectivity index (χ2v) is 13.8. The lowest BCUT2D eigenvalue weighted by atomic mass is 10.0. The van der Waals surface area contributed by atoms with Gasteiger partial charge in [0.1, 0.15) is 12.6 Å². The predicted octanol–water partition coefficient (Wildman–Crippen LogP) is 7.42. The first-order chi connectivity index (χ1) is 22.7. The van der Waals surface area contributed by atoms with Crippen LogP contribution in [0.15, 0.2) is 108 Å². The topological polar surface area (TPSA) is 86.8 Å². The molecule has 2 amide bonds. The lowest BCUT2D eigenvalue weighted by Crippen LogP contribution is -2.54. The summed E-state index contributed by atoms with van der Waals surface area (Å²) in [5.74, 6) is -1.27. The van der Waals surface area contributed by atoms with Crippen LogP contribution in [0.25, 0.3) is 0 Å². The van der Waals surface area contributed by atoms with Crippen molar-refractivity contribution in [2.45, 2.75) is 63.3 Å². The molecule has 48 heavy (non-hydrogen) atoms. The highest BCUT2D eigenvalue weighted by Gasteiger charge is 2.37. The smallest absolute Gasteiger partial charge is 0.352 e. The van der Waals surface area contributed by atoms with E-state index in [9.17, 15) is 31.2 Å². The number of sulfonamides is 1. The average molecular weight is 700 g/mol. The van der Waals surface area contributed by atoms with Crippen LogP contribution in [0.2, 0.25) is 5.02 Å². The Morgan fingerprint density at radius 1 is 0.875 bits per heavy atom. The molecular formula is C36H37ClF3N3O4S. The van der Waals surface area contributed by atoms with Crippen LogP contribution in [0, 0.1) is 6.92 Å². The second kappa shape index (κ2) is 15.7. The highest BCUT2D eigenvalue weighted by atomic mass is 35.5. The molecule has 0 unspecified atom stereocenters. The SMILES string of the molecule is CC[C@H](C)NC(=O)[C@@H](Cc1ccccc1)N(Cc1cccc(C)c1)C(=O)CN(c1cc(C(F)(F)F)ccc1Cl)S(=O)(=O)c1ccccc1. The minimum Gasteiger partial charge on any atom is -0.352 e. The first-order valence-corrected chi connectivity index (χ1v) is 17.2. The summed E-state index contributed by atoms with van der Waals surface area (Å²) in [5, 5.41) is 2.64. The highest BCUT2D eigenvalue weighted by Crippen LogP contribution is 2.37. The third-order valence-electron chi connectivity index (χ3n) is 7.86. The van der Waals surface area contributed by atoms with Crippen molar-refractivity contribution in [3.05, 3.63) is 130 Å². The zero-order chi connectivity index (χ0) is 35.1. The molecule has 4 rings (SSSR count). The van der Waals surface area contributed by atoms with Crippen LogP contribution >= 0.6 is 11.6 Å². The summed E-state index contributed by atoms with van der Waals surface area (Å²) in [7, 11) is -4.64. The molecule has 0 saturated carbocycles. The third kappa shape index (κ3) is 9.17. The van der Waals surface area contributed by atoms with E-state index in [0.717, 1.165) is 23.3 Å². The number of nitrogens with one attached hydrogen (secondary N) is 1. The van der Waals surface area contributed by atoms with E-state index in [1.165, 1.54) is 29.2 Å². The number of nitrogens with zero attached hydrogens (tertiary/aromatic N) is 2. The Labute approximate surface area is 284 Å². The highest BCUT2D eigenvalue weighted by molar-refractivity contribution is 7.92. The molecule has 0 bridgehead atoms. The number of anilines is 1. The first-order valence-electron chi connectivity index (χ1n) is 15.3. The summed E-state index contributed by atoms with van der Waals surface area (Å²) in [6, 6.07) is 24.3. The number of aryl methyl sites for hydroxylation is 1. The number of halogens is 4. The van der Waals surface area contributed by atoms with E-state index in [1.54, 1.807) is 30.3 Å². The maximum absolute atomic E-state index is 14.6. The minimum absolute atomic E-state index is 0.0819. The van der Waals surface area contributed by atoms with Crippen molar-refractivity contribution in [2.24, 2.45) is 0 Å². The van der Waals surface area contributed by atoms with Gasteiger partial charge in [0.15, 0.2) is 0 Å². The van der Waals surface area contributed by atoms with Crippen molar-refractivity contribution in [3.63, 3.8) is 0 Å². The quantitative estimate of drug-likeness (QED) is 0.157. The number of amides is 2. The van der Waals surface area contributed by atoms with E-state index >= 15 is 0 Å².